The highest BCUT2D eigenvalue weighted by molar-refractivity contribution is 7.93. The third-order valence-electron chi connectivity index (χ3n) is 5.33. The lowest BCUT2D eigenvalue weighted by atomic mass is 9.86. The molecular weight excluding hydrogens is 468 g/mol. The van der Waals surface area contributed by atoms with Crippen LogP contribution in [0.1, 0.15) is 38.8 Å². The van der Waals surface area contributed by atoms with Gasteiger partial charge in [-0.15, -0.1) is 0 Å². The monoisotopic (exact) mass is 496 g/mol. The van der Waals surface area contributed by atoms with Gasteiger partial charge in [-0.3, -0.25) is 20.3 Å². The maximum atomic E-state index is 13.2. The SMILES string of the molecule is COc1ccccc1NS(=O)(=O)c1cc([N+](=O)[O-])ccc1NN=C(C)c1ccc(C(C)(C)C)cc1. The summed E-state index contributed by atoms with van der Waals surface area (Å²) in [5.41, 5.74) is 5.33. The van der Waals surface area contributed by atoms with Crippen molar-refractivity contribution in [2.75, 3.05) is 17.3 Å². The number of hydrogen-bond acceptors (Lipinski definition) is 7. The average Bonchev–Trinajstić information content (AvgIpc) is 2.82. The number of para-hydroxylation sites is 2. The number of nitrogens with zero attached hydrogens (tertiary/aromatic N) is 2. The van der Waals surface area contributed by atoms with E-state index in [0.717, 1.165) is 11.6 Å². The summed E-state index contributed by atoms with van der Waals surface area (Å²) in [5, 5.41) is 15.6. The van der Waals surface area contributed by atoms with Crippen molar-refractivity contribution in [1.29, 1.82) is 0 Å². The summed E-state index contributed by atoms with van der Waals surface area (Å²) in [6.07, 6.45) is 0. The van der Waals surface area contributed by atoms with Gasteiger partial charge < -0.3 is 4.74 Å². The lowest BCUT2D eigenvalue weighted by molar-refractivity contribution is -0.385. The Bertz CT molecular complexity index is 1360. The number of anilines is 2. The van der Waals surface area contributed by atoms with E-state index in [-0.39, 0.29) is 27.4 Å². The largest absolute Gasteiger partial charge is 0.495 e. The summed E-state index contributed by atoms with van der Waals surface area (Å²) in [7, 11) is -2.82. The van der Waals surface area contributed by atoms with E-state index in [1.165, 1.54) is 30.9 Å². The number of nitro benzene ring substituents is 1. The first-order chi connectivity index (χ1) is 16.4. The number of rotatable bonds is 8. The van der Waals surface area contributed by atoms with Crippen molar-refractivity contribution in [2.24, 2.45) is 5.10 Å². The van der Waals surface area contributed by atoms with Crippen molar-refractivity contribution in [3.8, 4) is 5.75 Å². The number of benzene rings is 3. The van der Waals surface area contributed by atoms with Gasteiger partial charge in [0.2, 0.25) is 0 Å². The maximum Gasteiger partial charge on any atom is 0.270 e. The molecule has 0 saturated carbocycles. The fourth-order valence-electron chi connectivity index (χ4n) is 3.29. The molecule has 0 radical (unpaired) electrons. The minimum Gasteiger partial charge on any atom is -0.495 e. The van der Waals surface area contributed by atoms with Crippen molar-refractivity contribution < 1.29 is 18.1 Å². The summed E-state index contributed by atoms with van der Waals surface area (Å²) in [6.45, 7) is 8.16. The molecule has 0 aliphatic rings. The maximum absolute atomic E-state index is 13.2. The van der Waals surface area contributed by atoms with E-state index in [1.807, 2.05) is 24.3 Å². The molecule has 3 rings (SSSR count). The molecule has 2 N–H and O–H groups in total. The molecule has 0 heterocycles. The lowest BCUT2D eigenvalue weighted by Crippen LogP contribution is -2.16. The number of hydrazone groups is 1. The highest BCUT2D eigenvalue weighted by Gasteiger charge is 2.24. The molecule has 0 unspecified atom stereocenters. The molecule has 35 heavy (non-hydrogen) atoms. The minimum atomic E-state index is -4.23. The second-order valence-electron chi connectivity index (χ2n) is 8.88. The summed E-state index contributed by atoms with van der Waals surface area (Å²) in [6, 6.07) is 17.9. The van der Waals surface area contributed by atoms with Crippen LogP contribution in [-0.4, -0.2) is 26.2 Å². The standard InChI is InChI=1S/C25H28N4O5S/c1-17(18-10-12-19(13-11-18)25(2,3)4)26-27-22-15-14-20(29(30)31)16-24(22)35(32,33)28-21-8-6-7-9-23(21)34-5/h6-16,27-28H,1-5H3. The fraction of sp³-hybridized carbons (Fsp3) is 0.240. The highest BCUT2D eigenvalue weighted by Crippen LogP contribution is 2.31. The van der Waals surface area contributed by atoms with Gasteiger partial charge in [0.25, 0.3) is 15.7 Å². The van der Waals surface area contributed by atoms with Gasteiger partial charge in [-0.2, -0.15) is 5.10 Å². The van der Waals surface area contributed by atoms with Crippen molar-refractivity contribution in [3.63, 3.8) is 0 Å². The third-order valence-corrected chi connectivity index (χ3v) is 6.74. The van der Waals surface area contributed by atoms with Crippen molar-refractivity contribution in [1.82, 2.24) is 0 Å². The van der Waals surface area contributed by atoms with Crippen molar-refractivity contribution in [3.05, 3.63) is 88.0 Å². The quantitative estimate of drug-likeness (QED) is 0.240. The van der Waals surface area contributed by atoms with Crippen molar-refractivity contribution in [2.45, 2.75) is 38.0 Å². The zero-order valence-electron chi connectivity index (χ0n) is 20.2. The van der Waals surface area contributed by atoms with Crippen LogP contribution in [0, 0.1) is 10.1 Å². The van der Waals surface area contributed by atoms with Crippen LogP contribution in [0.15, 0.2) is 76.7 Å². The molecule has 3 aromatic rings. The number of sulfonamides is 1. The van der Waals surface area contributed by atoms with Gasteiger partial charge in [-0.1, -0.05) is 57.2 Å². The molecule has 0 bridgehead atoms. The Morgan fingerprint density at radius 2 is 1.66 bits per heavy atom. The smallest absolute Gasteiger partial charge is 0.270 e. The van der Waals surface area contributed by atoms with Crippen LogP contribution in [0.4, 0.5) is 17.1 Å². The van der Waals surface area contributed by atoms with Gasteiger partial charge in [-0.25, -0.2) is 8.42 Å². The first-order valence-corrected chi connectivity index (χ1v) is 12.3. The zero-order chi connectivity index (χ0) is 25.8. The zero-order valence-corrected chi connectivity index (χ0v) is 21.0. The molecule has 9 nitrogen and oxygen atoms in total. The van der Waals surface area contributed by atoms with E-state index in [0.29, 0.717) is 11.5 Å². The minimum absolute atomic E-state index is 0.0122. The number of nitro groups is 1. The predicted octanol–water partition coefficient (Wildman–Crippen LogP) is 5.54. The van der Waals surface area contributed by atoms with Gasteiger partial charge in [0.1, 0.15) is 10.6 Å². The lowest BCUT2D eigenvalue weighted by Gasteiger charge is -2.19. The van der Waals surface area contributed by atoms with Crippen LogP contribution >= 0.6 is 0 Å². The number of ether oxygens (including phenoxy) is 1. The number of non-ortho nitro benzene ring substituents is 1. The van der Waals surface area contributed by atoms with Crippen LogP contribution in [0.3, 0.4) is 0 Å². The predicted molar refractivity (Wildman–Crippen MR) is 138 cm³/mol. The van der Waals surface area contributed by atoms with E-state index in [9.17, 15) is 18.5 Å². The fourth-order valence-corrected chi connectivity index (χ4v) is 4.54. The molecule has 0 saturated heterocycles. The summed E-state index contributed by atoms with van der Waals surface area (Å²) in [4.78, 5) is 10.3. The third kappa shape index (κ3) is 6.15. The van der Waals surface area contributed by atoms with E-state index in [1.54, 1.807) is 25.1 Å². The Hall–Kier alpha value is -3.92. The topological polar surface area (TPSA) is 123 Å². The first kappa shape index (κ1) is 25.7. The Kier molecular flexibility index (Phi) is 7.45. The number of nitrogens with one attached hydrogen (secondary N) is 2. The van der Waals surface area contributed by atoms with Gasteiger partial charge in [-0.05, 0) is 41.7 Å². The summed E-state index contributed by atoms with van der Waals surface area (Å²) >= 11 is 0. The van der Waals surface area contributed by atoms with E-state index in [2.05, 4.69) is 36.0 Å². The van der Waals surface area contributed by atoms with Gasteiger partial charge in [0.15, 0.2) is 0 Å². The molecule has 184 valence electrons. The van der Waals surface area contributed by atoms with Gasteiger partial charge in [0.05, 0.1) is 29.1 Å². The molecular formula is C25H28N4O5S. The molecule has 10 heteroatoms. The molecule has 0 aliphatic carbocycles. The van der Waals surface area contributed by atoms with Crippen LogP contribution in [-0.2, 0) is 15.4 Å². The normalized spacial score (nSPS) is 12.2. The molecule has 0 atom stereocenters. The van der Waals surface area contributed by atoms with Crippen molar-refractivity contribution >= 4 is 32.8 Å². The molecule has 0 aliphatic heterocycles. The van der Waals surface area contributed by atoms with E-state index < -0.39 is 14.9 Å². The first-order valence-electron chi connectivity index (χ1n) is 10.8. The summed E-state index contributed by atoms with van der Waals surface area (Å²) in [5.74, 6) is 0.309. The van der Waals surface area contributed by atoms with Crippen LogP contribution in [0.25, 0.3) is 0 Å². The molecule has 3 aromatic carbocycles. The molecule has 0 spiro atoms. The second-order valence-corrected chi connectivity index (χ2v) is 10.5. The van der Waals surface area contributed by atoms with E-state index in [4.69, 9.17) is 4.74 Å². The van der Waals surface area contributed by atoms with Crippen LogP contribution in [0.5, 0.6) is 5.75 Å². The Morgan fingerprint density at radius 3 is 2.26 bits per heavy atom. The van der Waals surface area contributed by atoms with Crippen LogP contribution in [0.2, 0.25) is 0 Å². The van der Waals surface area contributed by atoms with Gasteiger partial charge >= 0.3 is 0 Å². The molecule has 0 aromatic heterocycles. The highest BCUT2D eigenvalue weighted by atomic mass is 32.2. The molecule has 0 fully saturated rings. The second kappa shape index (κ2) is 10.1. The Morgan fingerprint density at radius 1 is 1.00 bits per heavy atom. The Labute approximate surface area is 205 Å². The summed E-state index contributed by atoms with van der Waals surface area (Å²) < 4.78 is 34.1. The van der Waals surface area contributed by atoms with Crippen LogP contribution < -0.4 is 14.9 Å². The van der Waals surface area contributed by atoms with E-state index >= 15 is 0 Å². The Balaban J connectivity index is 1.96. The number of hydrogen-bond donors (Lipinski definition) is 2. The number of methoxy groups -OCH3 is 1. The van der Waals surface area contributed by atoms with Gasteiger partial charge in [0, 0.05) is 12.1 Å². The average molecular weight is 497 g/mol. The molecule has 0 amide bonds.